The second-order valence-corrected chi connectivity index (χ2v) is 3.01. The second-order valence-electron chi connectivity index (χ2n) is 3.01. The number of hydrogen-bond acceptors (Lipinski definition) is 2. The highest BCUT2D eigenvalue weighted by Crippen LogP contribution is 2.08. The van der Waals surface area contributed by atoms with Crippen LogP contribution in [0.15, 0.2) is 0 Å². The van der Waals surface area contributed by atoms with Crippen LogP contribution < -0.4 is 0 Å². The van der Waals surface area contributed by atoms with Crippen molar-refractivity contribution in [1.29, 1.82) is 5.26 Å². The van der Waals surface area contributed by atoms with Crippen molar-refractivity contribution in [3.63, 3.8) is 0 Å². The van der Waals surface area contributed by atoms with E-state index in [4.69, 9.17) is 5.26 Å². The number of nitrogens with zero attached hydrogens (tertiary/aromatic N) is 2. The zero-order valence-corrected chi connectivity index (χ0v) is 8.51. The van der Waals surface area contributed by atoms with E-state index in [2.05, 4.69) is 31.7 Å². The second kappa shape index (κ2) is 7.12. The van der Waals surface area contributed by atoms with E-state index < -0.39 is 0 Å². The Morgan fingerprint density at radius 1 is 1.25 bits per heavy atom. The third kappa shape index (κ3) is 3.73. The van der Waals surface area contributed by atoms with Crippen molar-refractivity contribution in [3.8, 4) is 6.07 Å². The summed E-state index contributed by atoms with van der Waals surface area (Å²) in [6.45, 7) is 8.58. The maximum atomic E-state index is 8.46. The summed E-state index contributed by atoms with van der Waals surface area (Å²) in [5.74, 6) is 0. The van der Waals surface area contributed by atoms with E-state index in [0.29, 0.717) is 12.5 Å². The minimum atomic E-state index is 0.657. The van der Waals surface area contributed by atoms with Gasteiger partial charge in [-0.3, -0.25) is 4.90 Å². The zero-order valence-electron chi connectivity index (χ0n) is 8.51. The van der Waals surface area contributed by atoms with E-state index in [1.54, 1.807) is 0 Å². The monoisotopic (exact) mass is 168 g/mol. The first-order chi connectivity index (χ1) is 5.79. The van der Waals surface area contributed by atoms with E-state index in [1.165, 1.54) is 12.8 Å². The highest BCUT2D eigenvalue weighted by atomic mass is 15.1. The van der Waals surface area contributed by atoms with Gasteiger partial charge in [-0.25, -0.2) is 0 Å². The van der Waals surface area contributed by atoms with Gasteiger partial charge in [0.25, 0.3) is 0 Å². The van der Waals surface area contributed by atoms with Crippen LogP contribution in [0.3, 0.4) is 0 Å². The largest absolute Gasteiger partial charge is 0.300 e. The third-order valence-electron chi connectivity index (χ3n) is 2.38. The molecular weight excluding hydrogens is 148 g/mol. The highest BCUT2D eigenvalue weighted by molar-refractivity contribution is 4.75. The quantitative estimate of drug-likeness (QED) is 0.609. The van der Waals surface area contributed by atoms with Crippen LogP contribution in [-0.2, 0) is 0 Å². The van der Waals surface area contributed by atoms with Crippen molar-refractivity contribution in [2.45, 2.75) is 46.1 Å². The van der Waals surface area contributed by atoms with Crippen LogP contribution in [0.4, 0.5) is 0 Å². The molecule has 2 nitrogen and oxygen atoms in total. The Morgan fingerprint density at radius 3 is 2.17 bits per heavy atom. The molecule has 0 N–H and O–H groups in total. The molecule has 0 fully saturated rings. The van der Waals surface area contributed by atoms with Crippen LogP contribution in [0.5, 0.6) is 0 Å². The average Bonchev–Trinajstić information content (AvgIpc) is 2.12. The molecule has 2 heteroatoms. The molecule has 0 unspecified atom stereocenters. The van der Waals surface area contributed by atoms with Crippen molar-refractivity contribution in [2.24, 2.45) is 0 Å². The number of hydrogen-bond donors (Lipinski definition) is 0. The van der Waals surface area contributed by atoms with Gasteiger partial charge in [-0.1, -0.05) is 20.8 Å². The summed E-state index contributed by atoms with van der Waals surface area (Å²) in [5, 5.41) is 8.46. The predicted molar refractivity (Wildman–Crippen MR) is 51.8 cm³/mol. The maximum Gasteiger partial charge on any atom is 0.0635 e. The van der Waals surface area contributed by atoms with Crippen LogP contribution in [0.2, 0.25) is 0 Å². The summed E-state index contributed by atoms with van der Waals surface area (Å²) >= 11 is 0. The molecular formula is C10H20N2. The molecule has 0 radical (unpaired) electrons. The van der Waals surface area contributed by atoms with Crippen molar-refractivity contribution in [1.82, 2.24) is 4.90 Å². The lowest BCUT2D eigenvalue weighted by Crippen LogP contribution is -2.34. The Balaban J connectivity index is 3.85. The molecule has 0 saturated heterocycles. The van der Waals surface area contributed by atoms with Gasteiger partial charge in [-0.05, 0) is 19.4 Å². The molecule has 12 heavy (non-hydrogen) atoms. The highest BCUT2D eigenvalue weighted by Gasteiger charge is 2.11. The molecule has 0 saturated carbocycles. The summed E-state index contributed by atoms with van der Waals surface area (Å²) in [6, 6.07) is 2.86. The molecule has 0 heterocycles. The van der Waals surface area contributed by atoms with Crippen LogP contribution in [0.25, 0.3) is 0 Å². The zero-order chi connectivity index (χ0) is 9.40. The van der Waals surface area contributed by atoms with Gasteiger partial charge in [0.05, 0.1) is 6.07 Å². The molecule has 0 aromatic heterocycles. The minimum Gasteiger partial charge on any atom is -0.300 e. The van der Waals surface area contributed by atoms with Crippen molar-refractivity contribution in [2.75, 3.05) is 13.1 Å². The Hall–Kier alpha value is -0.550. The van der Waals surface area contributed by atoms with Crippen LogP contribution in [0, 0.1) is 11.3 Å². The minimum absolute atomic E-state index is 0.657. The van der Waals surface area contributed by atoms with Gasteiger partial charge in [0.15, 0.2) is 0 Å². The SMILES string of the molecule is CCC(CC)N(CC)CCC#N. The first kappa shape index (κ1) is 11.4. The fraction of sp³-hybridized carbons (Fsp3) is 0.900. The molecule has 0 aliphatic carbocycles. The molecule has 0 bridgehead atoms. The van der Waals surface area contributed by atoms with Gasteiger partial charge in [0.2, 0.25) is 0 Å². The molecule has 70 valence electrons. The Morgan fingerprint density at radius 2 is 1.83 bits per heavy atom. The van der Waals surface area contributed by atoms with E-state index in [0.717, 1.165) is 13.1 Å². The van der Waals surface area contributed by atoms with Crippen molar-refractivity contribution >= 4 is 0 Å². The molecule has 0 amide bonds. The topological polar surface area (TPSA) is 27.0 Å². The molecule has 0 aromatic carbocycles. The first-order valence-corrected chi connectivity index (χ1v) is 4.91. The van der Waals surface area contributed by atoms with E-state index in [1.807, 2.05) is 0 Å². The Kier molecular flexibility index (Phi) is 6.79. The molecule has 0 aromatic rings. The maximum absolute atomic E-state index is 8.46. The summed E-state index contributed by atoms with van der Waals surface area (Å²) in [7, 11) is 0. The van der Waals surface area contributed by atoms with E-state index in [-0.39, 0.29) is 0 Å². The summed E-state index contributed by atoms with van der Waals surface area (Å²) < 4.78 is 0. The van der Waals surface area contributed by atoms with Crippen molar-refractivity contribution in [3.05, 3.63) is 0 Å². The van der Waals surface area contributed by atoms with E-state index in [9.17, 15) is 0 Å². The van der Waals surface area contributed by atoms with Gasteiger partial charge in [-0.2, -0.15) is 5.26 Å². The fourth-order valence-corrected chi connectivity index (χ4v) is 1.60. The standard InChI is InChI=1S/C10H20N2/c1-4-10(5-2)12(6-3)9-7-8-11/h10H,4-7,9H2,1-3H3. The molecule has 0 aliphatic heterocycles. The smallest absolute Gasteiger partial charge is 0.0635 e. The normalized spacial score (nSPS) is 10.7. The van der Waals surface area contributed by atoms with Crippen LogP contribution in [0.1, 0.15) is 40.0 Å². The van der Waals surface area contributed by atoms with Crippen LogP contribution >= 0.6 is 0 Å². The van der Waals surface area contributed by atoms with E-state index >= 15 is 0 Å². The molecule has 0 spiro atoms. The van der Waals surface area contributed by atoms with Gasteiger partial charge >= 0.3 is 0 Å². The fourth-order valence-electron chi connectivity index (χ4n) is 1.60. The molecule has 0 atom stereocenters. The third-order valence-corrected chi connectivity index (χ3v) is 2.38. The average molecular weight is 168 g/mol. The lowest BCUT2D eigenvalue weighted by molar-refractivity contribution is 0.200. The predicted octanol–water partition coefficient (Wildman–Crippen LogP) is 2.41. The van der Waals surface area contributed by atoms with Gasteiger partial charge < -0.3 is 0 Å². The first-order valence-electron chi connectivity index (χ1n) is 4.91. The van der Waals surface area contributed by atoms with Gasteiger partial charge in [0, 0.05) is 19.0 Å². The lowest BCUT2D eigenvalue weighted by Gasteiger charge is -2.28. The number of rotatable bonds is 6. The van der Waals surface area contributed by atoms with Crippen LogP contribution in [-0.4, -0.2) is 24.0 Å². The summed E-state index contributed by atoms with van der Waals surface area (Å²) in [5.41, 5.74) is 0. The molecule has 0 rings (SSSR count). The Bertz CT molecular complexity index is 133. The summed E-state index contributed by atoms with van der Waals surface area (Å²) in [6.07, 6.45) is 3.04. The Labute approximate surface area is 76.2 Å². The summed E-state index contributed by atoms with van der Waals surface area (Å²) in [4.78, 5) is 2.39. The lowest BCUT2D eigenvalue weighted by atomic mass is 10.1. The molecule has 0 aliphatic rings. The number of nitriles is 1. The van der Waals surface area contributed by atoms with Gasteiger partial charge in [-0.15, -0.1) is 0 Å². The van der Waals surface area contributed by atoms with Crippen molar-refractivity contribution < 1.29 is 0 Å². The van der Waals surface area contributed by atoms with Gasteiger partial charge in [0.1, 0.15) is 0 Å².